The van der Waals surface area contributed by atoms with E-state index in [0.29, 0.717) is 17.1 Å². The summed E-state index contributed by atoms with van der Waals surface area (Å²) in [5, 5.41) is 24.1. The van der Waals surface area contributed by atoms with Crippen LogP contribution in [0.1, 0.15) is 31.2 Å². The zero-order chi connectivity index (χ0) is 14.5. The Morgan fingerprint density at radius 2 is 2.15 bits per heavy atom. The molecule has 0 saturated heterocycles. The Labute approximate surface area is 123 Å². The Bertz CT molecular complexity index is 481. The zero-order valence-electron chi connectivity index (χ0n) is 11.2. The largest absolute Gasteiger partial charge is 0.396 e. The van der Waals surface area contributed by atoms with Crippen LogP contribution >= 0.6 is 11.6 Å². The average Bonchev–Trinajstić information content (AvgIpc) is 2.46. The number of nitro groups is 1. The lowest BCUT2D eigenvalue weighted by Gasteiger charge is -2.31. The smallest absolute Gasteiger partial charge is 0.275 e. The van der Waals surface area contributed by atoms with E-state index in [0.717, 1.165) is 25.7 Å². The van der Waals surface area contributed by atoms with Gasteiger partial charge in [-0.25, -0.2) is 0 Å². The minimum atomic E-state index is -0.409. The van der Waals surface area contributed by atoms with Gasteiger partial charge in [-0.2, -0.15) is 0 Å². The molecule has 2 unspecified atom stereocenters. The second-order valence-electron chi connectivity index (χ2n) is 5.24. The molecule has 1 aliphatic carbocycles. The Balaban J connectivity index is 2.04. The van der Waals surface area contributed by atoms with Crippen molar-refractivity contribution in [3.8, 4) is 0 Å². The maximum atomic E-state index is 11.0. The number of aliphatic hydroxyl groups excluding tert-OH is 1. The number of nitrogens with one attached hydrogen (secondary N) is 1. The molecule has 1 saturated carbocycles. The van der Waals surface area contributed by atoms with Gasteiger partial charge >= 0.3 is 0 Å². The molecule has 1 aliphatic rings. The van der Waals surface area contributed by atoms with Crippen molar-refractivity contribution in [1.82, 2.24) is 5.32 Å². The Kier molecular flexibility index (Phi) is 5.34. The van der Waals surface area contributed by atoms with Crippen molar-refractivity contribution in [2.45, 2.75) is 38.3 Å². The van der Waals surface area contributed by atoms with Gasteiger partial charge in [-0.1, -0.05) is 24.4 Å². The summed E-state index contributed by atoms with van der Waals surface area (Å²) in [4.78, 5) is 10.6. The summed E-state index contributed by atoms with van der Waals surface area (Å²) in [6.45, 7) is 0.592. The van der Waals surface area contributed by atoms with Gasteiger partial charge in [-0.15, -0.1) is 0 Å². The number of hydrogen-bond acceptors (Lipinski definition) is 4. The Morgan fingerprint density at radius 3 is 2.85 bits per heavy atom. The average molecular weight is 299 g/mol. The van der Waals surface area contributed by atoms with Gasteiger partial charge in [-0.05, 0) is 30.9 Å². The predicted octanol–water partition coefficient (Wildman–Crippen LogP) is 2.89. The highest BCUT2D eigenvalue weighted by molar-refractivity contribution is 6.30. The van der Waals surface area contributed by atoms with Gasteiger partial charge in [0.15, 0.2) is 0 Å². The number of benzene rings is 1. The first-order valence-corrected chi connectivity index (χ1v) is 7.26. The van der Waals surface area contributed by atoms with Crippen LogP contribution in [0.25, 0.3) is 0 Å². The van der Waals surface area contributed by atoms with E-state index in [1.165, 1.54) is 6.07 Å². The van der Waals surface area contributed by atoms with Crippen LogP contribution in [0, 0.1) is 16.0 Å². The molecule has 110 valence electrons. The first kappa shape index (κ1) is 15.2. The third-order valence-electron chi connectivity index (χ3n) is 3.94. The second kappa shape index (κ2) is 7.02. The van der Waals surface area contributed by atoms with Gasteiger partial charge in [0.05, 0.1) is 4.92 Å². The molecule has 0 aromatic heterocycles. The third-order valence-corrected chi connectivity index (χ3v) is 4.18. The number of aliphatic hydroxyl groups is 1. The maximum Gasteiger partial charge on any atom is 0.275 e. The molecule has 2 rings (SSSR count). The van der Waals surface area contributed by atoms with E-state index < -0.39 is 4.92 Å². The van der Waals surface area contributed by atoms with Crippen LogP contribution < -0.4 is 5.32 Å². The fourth-order valence-electron chi connectivity index (χ4n) is 2.79. The van der Waals surface area contributed by atoms with Crippen LogP contribution in [0.4, 0.5) is 5.69 Å². The molecule has 0 amide bonds. The molecule has 0 radical (unpaired) electrons. The van der Waals surface area contributed by atoms with Crippen molar-refractivity contribution in [2.24, 2.45) is 5.92 Å². The summed E-state index contributed by atoms with van der Waals surface area (Å²) >= 11 is 5.80. The first-order chi connectivity index (χ1) is 9.61. The highest BCUT2D eigenvalue weighted by atomic mass is 35.5. The molecule has 2 atom stereocenters. The normalized spacial score (nSPS) is 22.7. The van der Waals surface area contributed by atoms with Crippen molar-refractivity contribution in [2.75, 3.05) is 6.61 Å². The monoisotopic (exact) mass is 298 g/mol. The highest BCUT2D eigenvalue weighted by Crippen LogP contribution is 2.26. The zero-order valence-corrected chi connectivity index (χ0v) is 12.0. The van der Waals surface area contributed by atoms with Crippen molar-refractivity contribution < 1.29 is 10.0 Å². The van der Waals surface area contributed by atoms with Crippen LogP contribution in [0.2, 0.25) is 5.02 Å². The van der Waals surface area contributed by atoms with Crippen LogP contribution in [0.5, 0.6) is 0 Å². The van der Waals surface area contributed by atoms with E-state index in [4.69, 9.17) is 11.6 Å². The Hall–Kier alpha value is -1.17. The van der Waals surface area contributed by atoms with Crippen LogP contribution in [0.3, 0.4) is 0 Å². The summed E-state index contributed by atoms with van der Waals surface area (Å²) < 4.78 is 0. The van der Waals surface area contributed by atoms with Gasteiger partial charge in [0.2, 0.25) is 0 Å². The molecule has 2 N–H and O–H groups in total. The molecule has 1 aromatic rings. The lowest BCUT2D eigenvalue weighted by Crippen LogP contribution is -2.39. The number of nitro benzene ring substituents is 1. The number of rotatable bonds is 5. The topological polar surface area (TPSA) is 75.4 Å². The summed E-state index contributed by atoms with van der Waals surface area (Å²) in [5.74, 6) is 0.245. The molecule has 1 aromatic carbocycles. The van der Waals surface area contributed by atoms with Crippen molar-refractivity contribution in [3.05, 3.63) is 38.9 Å². The van der Waals surface area contributed by atoms with Crippen molar-refractivity contribution in [3.63, 3.8) is 0 Å². The molecule has 0 spiro atoms. The van der Waals surface area contributed by atoms with E-state index in [1.807, 2.05) is 0 Å². The molecule has 5 nitrogen and oxygen atoms in total. The van der Waals surface area contributed by atoms with Gasteiger partial charge < -0.3 is 10.4 Å². The number of hydrogen-bond donors (Lipinski definition) is 2. The van der Waals surface area contributed by atoms with E-state index in [2.05, 4.69) is 5.32 Å². The highest BCUT2D eigenvalue weighted by Gasteiger charge is 2.24. The molecule has 1 fully saturated rings. The molecular weight excluding hydrogens is 280 g/mol. The second-order valence-corrected chi connectivity index (χ2v) is 5.68. The fraction of sp³-hybridized carbons (Fsp3) is 0.571. The lowest BCUT2D eigenvalue weighted by molar-refractivity contribution is -0.385. The number of halogens is 1. The summed E-state index contributed by atoms with van der Waals surface area (Å²) in [7, 11) is 0. The summed E-state index contributed by atoms with van der Waals surface area (Å²) in [6, 6.07) is 4.95. The van der Waals surface area contributed by atoms with Crippen molar-refractivity contribution in [1.29, 1.82) is 0 Å². The molecule has 0 heterocycles. The minimum Gasteiger partial charge on any atom is -0.396 e. The maximum absolute atomic E-state index is 11.0. The third kappa shape index (κ3) is 3.69. The van der Waals surface area contributed by atoms with Crippen LogP contribution in [-0.4, -0.2) is 22.7 Å². The molecular formula is C14H19ClN2O3. The van der Waals surface area contributed by atoms with E-state index in [-0.39, 0.29) is 24.3 Å². The molecule has 0 bridgehead atoms. The fourth-order valence-corrected chi connectivity index (χ4v) is 2.96. The van der Waals surface area contributed by atoms with Crippen LogP contribution in [0.15, 0.2) is 18.2 Å². The SMILES string of the molecule is O=[N+]([O-])c1cc(Cl)ccc1CNC1CCCCC1CO. The van der Waals surface area contributed by atoms with Gasteiger partial charge in [0, 0.05) is 35.8 Å². The van der Waals surface area contributed by atoms with Gasteiger partial charge in [-0.3, -0.25) is 10.1 Å². The predicted molar refractivity (Wildman–Crippen MR) is 77.8 cm³/mol. The lowest BCUT2D eigenvalue weighted by atomic mass is 9.85. The molecule has 6 heteroatoms. The summed E-state index contributed by atoms with van der Waals surface area (Å²) in [5.41, 5.74) is 0.669. The standard InChI is InChI=1S/C14H19ClN2O3/c15-12-6-5-10(14(7-12)17(19)20)8-16-13-4-2-1-3-11(13)9-18/h5-7,11,13,16,18H,1-4,8-9H2. The van der Waals surface area contributed by atoms with E-state index in [9.17, 15) is 15.2 Å². The molecule has 20 heavy (non-hydrogen) atoms. The summed E-state index contributed by atoms with van der Waals surface area (Å²) in [6.07, 6.45) is 4.30. The van der Waals surface area contributed by atoms with E-state index >= 15 is 0 Å². The van der Waals surface area contributed by atoms with Crippen LogP contribution in [-0.2, 0) is 6.54 Å². The quantitative estimate of drug-likeness (QED) is 0.647. The van der Waals surface area contributed by atoms with Crippen molar-refractivity contribution >= 4 is 17.3 Å². The molecule has 0 aliphatic heterocycles. The Morgan fingerprint density at radius 1 is 1.40 bits per heavy atom. The first-order valence-electron chi connectivity index (χ1n) is 6.89. The number of nitrogens with zero attached hydrogens (tertiary/aromatic N) is 1. The van der Waals surface area contributed by atoms with Gasteiger partial charge in [0.25, 0.3) is 5.69 Å². The van der Waals surface area contributed by atoms with E-state index in [1.54, 1.807) is 12.1 Å². The van der Waals surface area contributed by atoms with Gasteiger partial charge in [0.1, 0.15) is 0 Å². The minimum absolute atomic E-state index is 0.0429.